The molecule has 0 spiro atoms. The van der Waals surface area contributed by atoms with Crippen molar-refractivity contribution in [2.45, 2.75) is 39.2 Å². The van der Waals surface area contributed by atoms with E-state index in [2.05, 4.69) is 24.5 Å². The van der Waals surface area contributed by atoms with Crippen LogP contribution in [0.1, 0.15) is 53.8 Å². The van der Waals surface area contributed by atoms with E-state index in [-0.39, 0.29) is 5.91 Å². The molecule has 146 valence electrons. The van der Waals surface area contributed by atoms with E-state index in [0.717, 1.165) is 17.7 Å². The number of benzene rings is 1. The van der Waals surface area contributed by atoms with Crippen molar-refractivity contribution in [3.63, 3.8) is 0 Å². The molecule has 3 amide bonds. The highest BCUT2D eigenvalue weighted by molar-refractivity contribution is 6.25. The monoisotopic (exact) mass is 373 g/mol. The number of anilines is 1. The Kier molecular flexibility index (Phi) is 6.11. The van der Waals surface area contributed by atoms with Crippen LogP contribution in [0.25, 0.3) is 0 Å². The van der Waals surface area contributed by atoms with E-state index in [1.807, 2.05) is 0 Å². The van der Waals surface area contributed by atoms with Gasteiger partial charge in [0.25, 0.3) is 11.8 Å². The van der Waals surface area contributed by atoms with Gasteiger partial charge in [-0.1, -0.05) is 19.9 Å². The van der Waals surface area contributed by atoms with Crippen molar-refractivity contribution in [2.75, 3.05) is 31.6 Å². The van der Waals surface area contributed by atoms with Gasteiger partial charge in [0.1, 0.15) is 6.04 Å². The standard InChI is InChI=1S/C20H27N3O4/c1-13(2)8-11-27-12-10-21-15-6-3-5-14-17(15)20(26)23(19(14)25)16-7-4-9-22-18(16)24/h3,5-6,13,16,21H,4,7-12H2,1-2H3,(H,22,24). The fourth-order valence-electron chi connectivity index (χ4n) is 3.42. The zero-order valence-corrected chi connectivity index (χ0v) is 15.9. The van der Waals surface area contributed by atoms with Crippen molar-refractivity contribution in [2.24, 2.45) is 5.92 Å². The highest BCUT2D eigenvalue weighted by Crippen LogP contribution is 2.32. The summed E-state index contributed by atoms with van der Waals surface area (Å²) in [5, 5.41) is 5.93. The molecule has 7 nitrogen and oxygen atoms in total. The number of imide groups is 1. The summed E-state index contributed by atoms with van der Waals surface area (Å²) < 4.78 is 5.59. The second-order valence-corrected chi connectivity index (χ2v) is 7.38. The molecular weight excluding hydrogens is 346 g/mol. The quantitative estimate of drug-likeness (QED) is 0.538. The lowest BCUT2D eigenvalue weighted by Gasteiger charge is -2.28. The first-order valence-electron chi connectivity index (χ1n) is 9.61. The maximum atomic E-state index is 12.9. The molecule has 0 aromatic heterocycles. The average molecular weight is 373 g/mol. The van der Waals surface area contributed by atoms with Crippen molar-refractivity contribution in [3.8, 4) is 0 Å². The molecule has 0 aliphatic carbocycles. The largest absolute Gasteiger partial charge is 0.382 e. The summed E-state index contributed by atoms with van der Waals surface area (Å²) in [7, 11) is 0. The Labute approximate surface area is 159 Å². The minimum atomic E-state index is -0.724. The normalized spacial score (nSPS) is 19.4. The Morgan fingerprint density at radius 2 is 2.04 bits per heavy atom. The van der Waals surface area contributed by atoms with Crippen molar-refractivity contribution in [3.05, 3.63) is 29.3 Å². The molecule has 3 rings (SSSR count). The van der Waals surface area contributed by atoms with Gasteiger partial charge in [0.05, 0.1) is 17.7 Å². The molecular formula is C20H27N3O4. The first kappa shape index (κ1) is 19.4. The minimum Gasteiger partial charge on any atom is -0.382 e. The summed E-state index contributed by atoms with van der Waals surface area (Å²) in [6, 6.07) is 4.44. The van der Waals surface area contributed by atoms with Gasteiger partial charge in [-0.2, -0.15) is 0 Å². The highest BCUT2D eigenvalue weighted by Gasteiger charge is 2.44. The Morgan fingerprint density at radius 3 is 2.78 bits per heavy atom. The number of ether oxygens (including phenoxy) is 1. The molecule has 1 fully saturated rings. The van der Waals surface area contributed by atoms with Gasteiger partial charge in [0.2, 0.25) is 5.91 Å². The highest BCUT2D eigenvalue weighted by atomic mass is 16.5. The lowest BCUT2D eigenvalue weighted by molar-refractivity contribution is -0.126. The fourth-order valence-corrected chi connectivity index (χ4v) is 3.42. The molecule has 1 saturated heterocycles. The lowest BCUT2D eigenvalue weighted by Crippen LogP contribution is -2.52. The Hall–Kier alpha value is -2.41. The predicted molar refractivity (Wildman–Crippen MR) is 102 cm³/mol. The minimum absolute atomic E-state index is 0.260. The van der Waals surface area contributed by atoms with Crippen LogP contribution in [0.3, 0.4) is 0 Å². The maximum Gasteiger partial charge on any atom is 0.264 e. The number of amides is 3. The molecule has 1 unspecified atom stereocenters. The number of hydrogen-bond acceptors (Lipinski definition) is 5. The van der Waals surface area contributed by atoms with Crippen LogP contribution in [0.5, 0.6) is 0 Å². The van der Waals surface area contributed by atoms with Gasteiger partial charge in [0.15, 0.2) is 0 Å². The first-order chi connectivity index (χ1) is 13.0. The van der Waals surface area contributed by atoms with E-state index in [1.165, 1.54) is 0 Å². The molecule has 1 aromatic carbocycles. The lowest BCUT2D eigenvalue weighted by atomic mass is 10.1. The van der Waals surface area contributed by atoms with Crippen LogP contribution in [0.15, 0.2) is 18.2 Å². The summed E-state index contributed by atoms with van der Waals surface area (Å²) in [5.41, 5.74) is 1.31. The first-order valence-corrected chi connectivity index (χ1v) is 9.61. The van der Waals surface area contributed by atoms with Crippen LogP contribution < -0.4 is 10.6 Å². The summed E-state index contributed by atoms with van der Waals surface area (Å²) >= 11 is 0. The van der Waals surface area contributed by atoms with Crippen LogP contribution in [0.2, 0.25) is 0 Å². The summed E-state index contributed by atoms with van der Waals surface area (Å²) in [5.74, 6) is -0.458. The van der Waals surface area contributed by atoms with Crippen LogP contribution in [-0.2, 0) is 9.53 Å². The Balaban J connectivity index is 1.67. The molecule has 2 aliphatic rings. The molecule has 0 saturated carbocycles. The van der Waals surface area contributed by atoms with Crippen LogP contribution in [0, 0.1) is 5.92 Å². The average Bonchev–Trinajstić information content (AvgIpc) is 2.90. The maximum absolute atomic E-state index is 12.9. The number of fused-ring (bicyclic) bond motifs is 1. The summed E-state index contributed by atoms with van der Waals surface area (Å²) in [4.78, 5) is 38.9. The predicted octanol–water partition coefficient (Wildman–Crippen LogP) is 2.04. The zero-order valence-electron chi connectivity index (χ0n) is 15.9. The van der Waals surface area contributed by atoms with Gasteiger partial charge in [-0.05, 0) is 37.3 Å². The van der Waals surface area contributed by atoms with Gasteiger partial charge in [-0.25, -0.2) is 0 Å². The number of hydrogen-bond donors (Lipinski definition) is 2. The second kappa shape index (κ2) is 8.52. The van der Waals surface area contributed by atoms with E-state index < -0.39 is 17.9 Å². The van der Waals surface area contributed by atoms with Gasteiger partial charge in [-0.3, -0.25) is 19.3 Å². The van der Waals surface area contributed by atoms with E-state index in [4.69, 9.17) is 4.74 Å². The number of nitrogens with zero attached hydrogens (tertiary/aromatic N) is 1. The van der Waals surface area contributed by atoms with Crippen LogP contribution >= 0.6 is 0 Å². The Morgan fingerprint density at radius 1 is 1.22 bits per heavy atom. The van der Waals surface area contributed by atoms with Crippen LogP contribution in [-0.4, -0.2) is 55.0 Å². The van der Waals surface area contributed by atoms with E-state index in [9.17, 15) is 14.4 Å². The van der Waals surface area contributed by atoms with E-state index in [0.29, 0.717) is 55.5 Å². The van der Waals surface area contributed by atoms with Crippen molar-refractivity contribution >= 4 is 23.4 Å². The molecule has 2 N–H and O–H groups in total. The molecule has 1 aromatic rings. The topological polar surface area (TPSA) is 87.7 Å². The molecule has 0 radical (unpaired) electrons. The van der Waals surface area contributed by atoms with Gasteiger partial charge in [-0.15, -0.1) is 0 Å². The van der Waals surface area contributed by atoms with Crippen molar-refractivity contribution < 1.29 is 19.1 Å². The second-order valence-electron chi connectivity index (χ2n) is 7.38. The van der Waals surface area contributed by atoms with Gasteiger partial charge in [0, 0.05) is 25.4 Å². The molecule has 7 heteroatoms. The molecule has 0 bridgehead atoms. The van der Waals surface area contributed by atoms with Crippen molar-refractivity contribution in [1.82, 2.24) is 10.2 Å². The number of rotatable bonds is 8. The van der Waals surface area contributed by atoms with E-state index >= 15 is 0 Å². The van der Waals surface area contributed by atoms with Gasteiger partial charge < -0.3 is 15.4 Å². The molecule has 1 atom stereocenters. The third-order valence-electron chi connectivity index (χ3n) is 4.92. The Bertz CT molecular complexity index is 732. The van der Waals surface area contributed by atoms with Crippen LogP contribution in [0.4, 0.5) is 5.69 Å². The number of piperidine rings is 1. The molecule has 2 heterocycles. The number of carbonyl (C=O) groups excluding carboxylic acids is 3. The van der Waals surface area contributed by atoms with Crippen molar-refractivity contribution in [1.29, 1.82) is 0 Å². The summed E-state index contributed by atoms with van der Waals surface area (Å²) in [6.07, 6.45) is 2.26. The third kappa shape index (κ3) is 4.13. The molecule has 2 aliphatic heterocycles. The smallest absolute Gasteiger partial charge is 0.264 e. The van der Waals surface area contributed by atoms with E-state index in [1.54, 1.807) is 18.2 Å². The zero-order chi connectivity index (χ0) is 19.4. The molecule has 27 heavy (non-hydrogen) atoms. The van der Waals surface area contributed by atoms with Gasteiger partial charge >= 0.3 is 0 Å². The summed E-state index contributed by atoms with van der Waals surface area (Å²) in [6.45, 7) is 6.65. The number of nitrogens with one attached hydrogen (secondary N) is 2. The number of carbonyl (C=O) groups is 3. The fraction of sp³-hybridized carbons (Fsp3) is 0.550. The SMILES string of the molecule is CC(C)CCOCCNc1cccc2c1C(=O)N(C1CCCNC1=O)C2=O. The third-order valence-corrected chi connectivity index (χ3v) is 4.92.